The predicted octanol–water partition coefficient (Wildman–Crippen LogP) is 1.24. The lowest BCUT2D eigenvalue weighted by atomic mass is 10.0. The summed E-state index contributed by atoms with van der Waals surface area (Å²) in [7, 11) is 3.65. The normalized spacial score (nSPS) is 21.6. The molecular weight excluding hydrogens is 230 g/mol. The van der Waals surface area contributed by atoms with Gasteiger partial charge in [-0.05, 0) is 31.2 Å². The molecule has 0 saturated carbocycles. The molecule has 1 aliphatic rings. The van der Waals surface area contributed by atoms with Crippen LogP contribution in [0.15, 0.2) is 24.3 Å². The monoisotopic (exact) mass is 251 g/mol. The Morgan fingerprint density at radius 1 is 1.44 bits per heavy atom. The summed E-state index contributed by atoms with van der Waals surface area (Å²) < 4.78 is 16.4. The van der Waals surface area contributed by atoms with Crippen molar-refractivity contribution in [3.8, 4) is 5.75 Å². The zero-order chi connectivity index (χ0) is 12.8. The highest BCUT2D eigenvalue weighted by Crippen LogP contribution is 2.16. The Kier molecular flexibility index (Phi) is 4.99. The third-order valence-electron chi connectivity index (χ3n) is 3.25. The Labute approximate surface area is 108 Å². The van der Waals surface area contributed by atoms with Crippen LogP contribution in [-0.2, 0) is 15.9 Å². The van der Waals surface area contributed by atoms with Crippen molar-refractivity contribution >= 4 is 0 Å². The number of methoxy groups -OCH3 is 1. The molecule has 1 N–H and O–H groups in total. The van der Waals surface area contributed by atoms with E-state index in [1.54, 1.807) is 7.11 Å². The molecule has 1 heterocycles. The molecule has 1 aliphatic heterocycles. The second kappa shape index (κ2) is 6.73. The van der Waals surface area contributed by atoms with Crippen molar-refractivity contribution in [2.75, 3.05) is 34.0 Å². The van der Waals surface area contributed by atoms with Crippen molar-refractivity contribution in [2.24, 2.45) is 0 Å². The quantitative estimate of drug-likeness (QED) is 0.854. The summed E-state index contributed by atoms with van der Waals surface area (Å²) in [6.07, 6.45) is 1.02. The number of nitrogens with one attached hydrogen (secondary N) is 1. The largest absolute Gasteiger partial charge is 0.497 e. The molecule has 100 valence electrons. The molecule has 0 radical (unpaired) electrons. The molecule has 2 atom stereocenters. The van der Waals surface area contributed by atoms with Crippen LogP contribution in [0, 0.1) is 0 Å². The third-order valence-corrected chi connectivity index (χ3v) is 3.25. The van der Waals surface area contributed by atoms with Crippen LogP contribution in [0.3, 0.4) is 0 Å². The van der Waals surface area contributed by atoms with E-state index in [1.165, 1.54) is 5.56 Å². The molecule has 0 bridgehead atoms. The zero-order valence-corrected chi connectivity index (χ0v) is 11.0. The molecule has 2 unspecified atom stereocenters. The molecule has 0 amide bonds. The van der Waals surface area contributed by atoms with E-state index in [4.69, 9.17) is 14.2 Å². The summed E-state index contributed by atoms with van der Waals surface area (Å²) in [5, 5.41) is 3.31. The number of hydrogen-bond acceptors (Lipinski definition) is 4. The van der Waals surface area contributed by atoms with Gasteiger partial charge in [0.15, 0.2) is 0 Å². The Morgan fingerprint density at radius 3 is 3.00 bits per heavy atom. The van der Waals surface area contributed by atoms with Gasteiger partial charge in [-0.2, -0.15) is 0 Å². The summed E-state index contributed by atoms with van der Waals surface area (Å²) >= 11 is 0. The second-order valence-electron chi connectivity index (χ2n) is 4.43. The van der Waals surface area contributed by atoms with Gasteiger partial charge in [0.05, 0.1) is 33.0 Å². The molecule has 1 fully saturated rings. The fourth-order valence-corrected chi connectivity index (χ4v) is 2.21. The Morgan fingerprint density at radius 2 is 2.33 bits per heavy atom. The van der Waals surface area contributed by atoms with Crippen LogP contribution in [-0.4, -0.2) is 46.1 Å². The molecule has 1 aromatic carbocycles. The van der Waals surface area contributed by atoms with Crippen molar-refractivity contribution in [3.63, 3.8) is 0 Å². The van der Waals surface area contributed by atoms with Gasteiger partial charge in [0.1, 0.15) is 5.75 Å². The first-order valence-corrected chi connectivity index (χ1v) is 6.33. The van der Waals surface area contributed by atoms with Gasteiger partial charge in [-0.3, -0.25) is 0 Å². The van der Waals surface area contributed by atoms with Crippen LogP contribution in [0.5, 0.6) is 5.75 Å². The summed E-state index contributed by atoms with van der Waals surface area (Å²) in [5.41, 5.74) is 1.24. The SMILES string of the molecule is CNC(Cc1cccc(OC)c1)C1COCCO1. The van der Waals surface area contributed by atoms with Crippen molar-refractivity contribution in [1.82, 2.24) is 5.32 Å². The summed E-state index contributed by atoms with van der Waals surface area (Å²) in [6.45, 7) is 2.04. The van der Waals surface area contributed by atoms with Crippen LogP contribution >= 0.6 is 0 Å². The maximum atomic E-state index is 5.74. The minimum Gasteiger partial charge on any atom is -0.497 e. The van der Waals surface area contributed by atoms with E-state index in [0.29, 0.717) is 19.8 Å². The Bertz CT molecular complexity index is 364. The van der Waals surface area contributed by atoms with Gasteiger partial charge >= 0.3 is 0 Å². The van der Waals surface area contributed by atoms with Crippen LogP contribution in [0.1, 0.15) is 5.56 Å². The number of rotatable bonds is 5. The van der Waals surface area contributed by atoms with Gasteiger partial charge in [0.2, 0.25) is 0 Å². The predicted molar refractivity (Wildman–Crippen MR) is 70.1 cm³/mol. The standard InChI is InChI=1S/C14H21NO3/c1-15-13(14-10-17-6-7-18-14)9-11-4-3-5-12(8-11)16-2/h3-5,8,13-15H,6-7,9-10H2,1-2H3. The van der Waals surface area contributed by atoms with E-state index in [1.807, 2.05) is 19.2 Å². The molecule has 0 spiro atoms. The topological polar surface area (TPSA) is 39.7 Å². The lowest BCUT2D eigenvalue weighted by molar-refractivity contribution is -0.100. The van der Waals surface area contributed by atoms with Gasteiger partial charge in [-0.1, -0.05) is 12.1 Å². The van der Waals surface area contributed by atoms with Crippen molar-refractivity contribution in [3.05, 3.63) is 29.8 Å². The Balaban J connectivity index is 1.99. The first-order chi connectivity index (χ1) is 8.83. The lowest BCUT2D eigenvalue weighted by Crippen LogP contribution is -2.46. The van der Waals surface area contributed by atoms with Gasteiger partial charge < -0.3 is 19.5 Å². The molecular formula is C14H21NO3. The van der Waals surface area contributed by atoms with Crippen LogP contribution in [0.4, 0.5) is 0 Å². The molecule has 18 heavy (non-hydrogen) atoms. The molecule has 2 rings (SSSR count). The average Bonchev–Trinajstić information content (AvgIpc) is 2.46. The summed E-state index contributed by atoms with van der Waals surface area (Å²) in [5.74, 6) is 0.892. The molecule has 4 heteroatoms. The smallest absolute Gasteiger partial charge is 0.119 e. The molecule has 1 saturated heterocycles. The fraction of sp³-hybridized carbons (Fsp3) is 0.571. The second-order valence-corrected chi connectivity index (χ2v) is 4.43. The van der Waals surface area contributed by atoms with E-state index in [-0.39, 0.29) is 12.1 Å². The molecule has 0 aromatic heterocycles. The first kappa shape index (κ1) is 13.3. The third kappa shape index (κ3) is 3.45. The van der Waals surface area contributed by atoms with Crippen LogP contribution < -0.4 is 10.1 Å². The lowest BCUT2D eigenvalue weighted by Gasteiger charge is -2.30. The maximum absolute atomic E-state index is 5.74. The van der Waals surface area contributed by atoms with E-state index < -0.39 is 0 Å². The molecule has 0 aliphatic carbocycles. The molecule has 4 nitrogen and oxygen atoms in total. The highest BCUT2D eigenvalue weighted by atomic mass is 16.6. The highest BCUT2D eigenvalue weighted by Gasteiger charge is 2.24. The molecule has 1 aromatic rings. The van der Waals surface area contributed by atoms with Gasteiger partial charge in [0, 0.05) is 6.04 Å². The van der Waals surface area contributed by atoms with E-state index >= 15 is 0 Å². The number of ether oxygens (including phenoxy) is 3. The fourth-order valence-electron chi connectivity index (χ4n) is 2.21. The number of hydrogen-bond donors (Lipinski definition) is 1. The average molecular weight is 251 g/mol. The number of likely N-dealkylation sites (N-methyl/N-ethyl adjacent to an activating group) is 1. The van der Waals surface area contributed by atoms with E-state index in [9.17, 15) is 0 Å². The Hall–Kier alpha value is -1.10. The van der Waals surface area contributed by atoms with E-state index in [0.717, 1.165) is 12.2 Å². The van der Waals surface area contributed by atoms with Crippen molar-refractivity contribution in [1.29, 1.82) is 0 Å². The first-order valence-electron chi connectivity index (χ1n) is 6.33. The summed E-state index contributed by atoms with van der Waals surface area (Å²) in [4.78, 5) is 0. The number of benzene rings is 1. The minimum atomic E-state index is 0.120. The summed E-state index contributed by atoms with van der Waals surface area (Å²) in [6, 6.07) is 8.40. The van der Waals surface area contributed by atoms with Crippen LogP contribution in [0.25, 0.3) is 0 Å². The highest BCUT2D eigenvalue weighted by molar-refractivity contribution is 5.29. The van der Waals surface area contributed by atoms with Crippen molar-refractivity contribution < 1.29 is 14.2 Å². The van der Waals surface area contributed by atoms with Gasteiger partial charge in [0.25, 0.3) is 0 Å². The zero-order valence-electron chi connectivity index (χ0n) is 11.0. The minimum absolute atomic E-state index is 0.120. The van der Waals surface area contributed by atoms with Gasteiger partial charge in [-0.25, -0.2) is 0 Å². The van der Waals surface area contributed by atoms with Crippen molar-refractivity contribution in [2.45, 2.75) is 18.6 Å². The maximum Gasteiger partial charge on any atom is 0.119 e. The van der Waals surface area contributed by atoms with Crippen LogP contribution in [0.2, 0.25) is 0 Å². The van der Waals surface area contributed by atoms with E-state index in [2.05, 4.69) is 17.4 Å². The van der Waals surface area contributed by atoms with Gasteiger partial charge in [-0.15, -0.1) is 0 Å².